The van der Waals surface area contributed by atoms with Crippen molar-refractivity contribution in [3.8, 4) is 0 Å². The minimum absolute atomic E-state index is 0.0288. The Bertz CT molecular complexity index is 370. The van der Waals surface area contributed by atoms with E-state index in [2.05, 4.69) is 43.8 Å². The molecule has 1 aliphatic rings. The van der Waals surface area contributed by atoms with E-state index < -0.39 is 0 Å². The molecule has 1 saturated carbocycles. The van der Waals surface area contributed by atoms with Crippen molar-refractivity contribution in [1.29, 1.82) is 0 Å². The van der Waals surface area contributed by atoms with Gasteiger partial charge in [0.1, 0.15) is 0 Å². The highest BCUT2D eigenvalue weighted by molar-refractivity contribution is 14.1. The van der Waals surface area contributed by atoms with Crippen molar-refractivity contribution in [3.05, 3.63) is 31.8 Å². The van der Waals surface area contributed by atoms with Crippen LogP contribution < -0.4 is 5.32 Å². The van der Waals surface area contributed by atoms with Crippen LogP contribution in [0.1, 0.15) is 23.2 Å². The van der Waals surface area contributed by atoms with E-state index in [0.29, 0.717) is 0 Å². The summed E-state index contributed by atoms with van der Waals surface area (Å²) < 4.78 is 2.02. The SMILES string of the molecule is O=C(NCC1CC1)c1cc(Br)cc(I)c1. The fourth-order valence-corrected chi connectivity index (χ4v) is 2.94. The van der Waals surface area contributed by atoms with E-state index in [1.807, 2.05) is 18.2 Å². The van der Waals surface area contributed by atoms with Gasteiger partial charge in [-0.3, -0.25) is 4.79 Å². The van der Waals surface area contributed by atoms with Crippen LogP contribution in [0.5, 0.6) is 0 Å². The predicted octanol–water partition coefficient (Wildman–Crippen LogP) is 3.19. The van der Waals surface area contributed by atoms with Gasteiger partial charge in [-0.15, -0.1) is 0 Å². The van der Waals surface area contributed by atoms with Crippen molar-refractivity contribution in [2.45, 2.75) is 12.8 Å². The van der Waals surface area contributed by atoms with Crippen LogP contribution in [0.3, 0.4) is 0 Å². The van der Waals surface area contributed by atoms with Gasteiger partial charge in [-0.2, -0.15) is 0 Å². The molecular formula is C11H11BrINO. The molecule has 0 atom stereocenters. The fourth-order valence-electron chi connectivity index (χ4n) is 1.35. The highest BCUT2D eigenvalue weighted by Crippen LogP contribution is 2.27. The van der Waals surface area contributed by atoms with Gasteiger partial charge in [-0.25, -0.2) is 0 Å². The number of halogens is 2. The predicted molar refractivity (Wildman–Crippen MR) is 71.9 cm³/mol. The molecule has 15 heavy (non-hydrogen) atoms. The van der Waals surface area contributed by atoms with Crippen LogP contribution in [0, 0.1) is 9.49 Å². The lowest BCUT2D eigenvalue weighted by atomic mass is 10.2. The molecule has 0 heterocycles. The molecule has 0 unspecified atom stereocenters. The van der Waals surface area contributed by atoms with Gasteiger partial charge in [-0.1, -0.05) is 15.9 Å². The molecule has 1 N–H and O–H groups in total. The van der Waals surface area contributed by atoms with E-state index in [1.165, 1.54) is 12.8 Å². The molecule has 1 aromatic carbocycles. The van der Waals surface area contributed by atoms with Crippen LogP contribution in [-0.2, 0) is 0 Å². The summed E-state index contributed by atoms with van der Waals surface area (Å²) in [6, 6.07) is 5.73. The van der Waals surface area contributed by atoms with Crippen molar-refractivity contribution in [2.24, 2.45) is 5.92 Å². The van der Waals surface area contributed by atoms with Gasteiger partial charge in [0.15, 0.2) is 0 Å². The summed E-state index contributed by atoms with van der Waals surface area (Å²) >= 11 is 5.60. The number of hydrogen-bond acceptors (Lipinski definition) is 1. The highest BCUT2D eigenvalue weighted by Gasteiger charge is 2.21. The van der Waals surface area contributed by atoms with E-state index in [-0.39, 0.29) is 5.91 Å². The quantitative estimate of drug-likeness (QED) is 0.803. The van der Waals surface area contributed by atoms with Gasteiger partial charge in [-0.05, 0) is 59.5 Å². The number of nitrogens with one attached hydrogen (secondary N) is 1. The standard InChI is InChI=1S/C11H11BrINO/c12-9-3-8(4-10(13)5-9)11(15)14-6-7-1-2-7/h3-5,7H,1-2,6H2,(H,14,15). The zero-order chi connectivity index (χ0) is 10.8. The molecule has 2 nitrogen and oxygen atoms in total. The normalized spacial score (nSPS) is 15.1. The summed E-state index contributed by atoms with van der Waals surface area (Å²) in [6.07, 6.45) is 2.52. The lowest BCUT2D eigenvalue weighted by molar-refractivity contribution is 0.0951. The lowest BCUT2D eigenvalue weighted by Gasteiger charge is -2.05. The smallest absolute Gasteiger partial charge is 0.251 e. The molecule has 0 spiro atoms. The third-order valence-electron chi connectivity index (χ3n) is 2.37. The summed E-state index contributed by atoms with van der Waals surface area (Å²) in [7, 11) is 0. The number of amides is 1. The summed E-state index contributed by atoms with van der Waals surface area (Å²) in [5, 5.41) is 2.95. The number of rotatable bonds is 3. The molecule has 1 aliphatic carbocycles. The molecule has 2 rings (SSSR count). The summed E-state index contributed by atoms with van der Waals surface area (Å²) in [6.45, 7) is 0.821. The Hall–Kier alpha value is -0.100. The number of benzene rings is 1. The first-order valence-electron chi connectivity index (χ1n) is 4.89. The molecule has 0 radical (unpaired) electrons. The molecule has 1 amide bonds. The maximum atomic E-state index is 11.7. The summed E-state index contributed by atoms with van der Waals surface area (Å²) in [5.74, 6) is 0.751. The molecular weight excluding hydrogens is 369 g/mol. The van der Waals surface area contributed by atoms with Crippen LogP contribution in [0.2, 0.25) is 0 Å². The van der Waals surface area contributed by atoms with Crippen molar-refractivity contribution in [1.82, 2.24) is 5.32 Å². The molecule has 0 aliphatic heterocycles. The first kappa shape index (κ1) is 11.4. The number of carbonyl (C=O) groups is 1. The van der Waals surface area contributed by atoms with E-state index in [4.69, 9.17) is 0 Å². The molecule has 0 bridgehead atoms. The highest BCUT2D eigenvalue weighted by atomic mass is 127. The van der Waals surface area contributed by atoms with Crippen LogP contribution in [0.25, 0.3) is 0 Å². The second-order valence-electron chi connectivity index (χ2n) is 3.81. The first-order chi connectivity index (χ1) is 7.15. The minimum Gasteiger partial charge on any atom is -0.352 e. The Morgan fingerprint density at radius 3 is 2.80 bits per heavy atom. The van der Waals surface area contributed by atoms with Crippen molar-refractivity contribution in [2.75, 3.05) is 6.54 Å². The van der Waals surface area contributed by atoms with Crippen LogP contribution in [-0.4, -0.2) is 12.5 Å². The Labute approximate surface area is 111 Å². The van der Waals surface area contributed by atoms with Crippen molar-refractivity contribution in [3.63, 3.8) is 0 Å². The monoisotopic (exact) mass is 379 g/mol. The Morgan fingerprint density at radius 1 is 1.47 bits per heavy atom. The van der Waals surface area contributed by atoms with E-state index in [9.17, 15) is 4.79 Å². The fraction of sp³-hybridized carbons (Fsp3) is 0.364. The maximum Gasteiger partial charge on any atom is 0.251 e. The summed E-state index contributed by atoms with van der Waals surface area (Å²) in [4.78, 5) is 11.7. The minimum atomic E-state index is 0.0288. The van der Waals surface area contributed by atoms with Crippen molar-refractivity contribution >= 4 is 44.4 Å². The average molecular weight is 380 g/mol. The van der Waals surface area contributed by atoms with E-state index >= 15 is 0 Å². The van der Waals surface area contributed by atoms with Crippen LogP contribution in [0.4, 0.5) is 0 Å². The Morgan fingerprint density at radius 2 is 2.20 bits per heavy atom. The van der Waals surface area contributed by atoms with Crippen LogP contribution in [0.15, 0.2) is 22.7 Å². The second kappa shape index (κ2) is 4.82. The zero-order valence-electron chi connectivity index (χ0n) is 8.09. The van der Waals surface area contributed by atoms with Gasteiger partial charge in [0.25, 0.3) is 5.91 Å². The Kier molecular flexibility index (Phi) is 3.66. The van der Waals surface area contributed by atoms with Gasteiger partial charge in [0.05, 0.1) is 0 Å². The largest absolute Gasteiger partial charge is 0.352 e. The second-order valence-corrected chi connectivity index (χ2v) is 5.97. The Balaban J connectivity index is 2.02. The van der Waals surface area contributed by atoms with E-state index in [0.717, 1.165) is 26.1 Å². The molecule has 4 heteroatoms. The third kappa shape index (κ3) is 3.45. The summed E-state index contributed by atoms with van der Waals surface area (Å²) in [5.41, 5.74) is 0.731. The van der Waals surface area contributed by atoms with Gasteiger partial charge >= 0.3 is 0 Å². The molecule has 1 aromatic rings. The van der Waals surface area contributed by atoms with Gasteiger partial charge in [0, 0.05) is 20.2 Å². The molecule has 80 valence electrons. The van der Waals surface area contributed by atoms with Crippen LogP contribution >= 0.6 is 38.5 Å². The topological polar surface area (TPSA) is 29.1 Å². The van der Waals surface area contributed by atoms with Gasteiger partial charge in [0.2, 0.25) is 0 Å². The first-order valence-corrected chi connectivity index (χ1v) is 6.76. The lowest BCUT2D eigenvalue weighted by Crippen LogP contribution is -2.25. The van der Waals surface area contributed by atoms with Gasteiger partial charge < -0.3 is 5.32 Å². The number of carbonyl (C=O) groups excluding carboxylic acids is 1. The zero-order valence-corrected chi connectivity index (χ0v) is 11.8. The third-order valence-corrected chi connectivity index (χ3v) is 3.45. The maximum absolute atomic E-state index is 11.7. The average Bonchev–Trinajstić information content (AvgIpc) is 2.96. The van der Waals surface area contributed by atoms with E-state index in [1.54, 1.807) is 0 Å². The molecule has 1 fully saturated rings. The molecule has 0 saturated heterocycles. The number of hydrogen-bond donors (Lipinski definition) is 1. The van der Waals surface area contributed by atoms with Crippen molar-refractivity contribution < 1.29 is 4.79 Å². The molecule has 0 aromatic heterocycles.